The molecule has 0 spiro atoms. The molecule has 1 amide bonds. The van der Waals surface area contributed by atoms with Crippen molar-refractivity contribution in [2.24, 2.45) is 5.73 Å². The van der Waals surface area contributed by atoms with Gasteiger partial charge in [0.1, 0.15) is 5.82 Å². The number of carbonyl (C=O) groups is 1. The van der Waals surface area contributed by atoms with Crippen LogP contribution in [0, 0.1) is 0 Å². The minimum Gasteiger partial charge on any atom is -0.370 e. The first-order valence-electron chi connectivity index (χ1n) is 6.07. The second kappa shape index (κ2) is 5.80. The molecular weight excluding hydrogens is 285 g/mol. The fourth-order valence-electron chi connectivity index (χ4n) is 2.10. The van der Waals surface area contributed by atoms with E-state index in [1.54, 1.807) is 0 Å². The number of rotatable bonds is 5. The summed E-state index contributed by atoms with van der Waals surface area (Å²) in [7, 11) is 0. The Balaban J connectivity index is 2.42. The summed E-state index contributed by atoms with van der Waals surface area (Å²) in [5, 5.41) is 0.407. The standard InChI is InChI=1S/C13H15Cl2N3O/c1-8(14)13-17-10-5-2-4-9(15)12(10)18(13)7-3-6-11(16)19/h2,4-5,8H,3,6-7H2,1H3,(H2,16,19). The number of hydrogen-bond donors (Lipinski definition) is 1. The van der Waals surface area contributed by atoms with Gasteiger partial charge in [0.2, 0.25) is 5.91 Å². The molecule has 0 saturated heterocycles. The fraction of sp³-hybridized carbons (Fsp3) is 0.385. The van der Waals surface area contributed by atoms with Crippen LogP contribution in [-0.2, 0) is 11.3 Å². The molecule has 1 heterocycles. The lowest BCUT2D eigenvalue weighted by atomic mass is 10.2. The smallest absolute Gasteiger partial charge is 0.217 e. The summed E-state index contributed by atoms with van der Waals surface area (Å²) in [6.45, 7) is 2.48. The summed E-state index contributed by atoms with van der Waals surface area (Å²) >= 11 is 12.4. The van der Waals surface area contributed by atoms with Crippen molar-refractivity contribution in [3.63, 3.8) is 0 Å². The molecule has 2 rings (SSSR count). The molecule has 102 valence electrons. The Bertz CT molecular complexity index is 607. The number of primary amides is 1. The number of imidazole rings is 1. The first-order valence-corrected chi connectivity index (χ1v) is 6.89. The molecule has 0 fully saturated rings. The van der Waals surface area contributed by atoms with Crippen LogP contribution in [0.3, 0.4) is 0 Å². The van der Waals surface area contributed by atoms with E-state index in [0.717, 1.165) is 16.9 Å². The maximum Gasteiger partial charge on any atom is 0.217 e. The molecule has 4 nitrogen and oxygen atoms in total. The summed E-state index contributed by atoms with van der Waals surface area (Å²) in [4.78, 5) is 15.3. The molecule has 2 N–H and O–H groups in total. The topological polar surface area (TPSA) is 60.9 Å². The lowest BCUT2D eigenvalue weighted by Gasteiger charge is -2.10. The van der Waals surface area contributed by atoms with Gasteiger partial charge < -0.3 is 10.3 Å². The first kappa shape index (κ1) is 14.2. The highest BCUT2D eigenvalue weighted by Crippen LogP contribution is 2.29. The first-order chi connectivity index (χ1) is 9.00. The summed E-state index contributed by atoms with van der Waals surface area (Å²) in [5.74, 6) is 0.449. The molecule has 0 aliphatic carbocycles. The van der Waals surface area contributed by atoms with Crippen molar-refractivity contribution in [2.45, 2.75) is 31.7 Å². The van der Waals surface area contributed by atoms with E-state index < -0.39 is 0 Å². The Kier molecular flexibility index (Phi) is 4.32. The highest BCUT2D eigenvalue weighted by Gasteiger charge is 2.16. The molecule has 1 aromatic carbocycles. The molecule has 0 bridgehead atoms. The van der Waals surface area contributed by atoms with Gasteiger partial charge >= 0.3 is 0 Å². The van der Waals surface area contributed by atoms with E-state index in [1.165, 1.54) is 0 Å². The van der Waals surface area contributed by atoms with Crippen molar-refractivity contribution < 1.29 is 4.79 Å². The van der Waals surface area contributed by atoms with Gasteiger partial charge in [0.25, 0.3) is 0 Å². The van der Waals surface area contributed by atoms with Gasteiger partial charge in [-0.05, 0) is 25.5 Å². The van der Waals surface area contributed by atoms with E-state index >= 15 is 0 Å². The largest absolute Gasteiger partial charge is 0.370 e. The van der Waals surface area contributed by atoms with Crippen molar-refractivity contribution in [1.82, 2.24) is 9.55 Å². The molecule has 1 aromatic heterocycles. The molecule has 0 aliphatic heterocycles. The summed E-state index contributed by atoms with van der Waals surface area (Å²) < 4.78 is 1.97. The van der Waals surface area contributed by atoms with Crippen LogP contribution in [0.5, 0.6) is 0 Å². The third-order valence-corrected chi connectivity index (χ3v) is 3.41. The summed E-state index contributed by atoms with van der Waals surface area (Å²) in [6.07, 6.45) is 0.975. The predicted octanol–water partition coefficient (Wildman–Crippen LogP) is 3.26. The zero-order valence-electron chi connectivity index (χ0n) is 10.6. The summed E-state index contributed by atoms with van der Waals surface area (Å²) in [5.41, 5.74) is 6.83. The van der Waals surface area contributed by atoms with Gasteiger partial charge in [-0.1, -0.05) is 17.7 Å². The van der Waals surface area contributed by atoms with Gasteiger partial charge in [-0.2, -0.15) is 0 Å². The van der Waals surface area contributed by atoms with Gasteiger partial charge in [0, 0.05) is 13.0 Å². The number of aryl methyl sites for hydroxylation is 1. The number of carbonyl (C=O) groups excluding carboxylic acids is 1. The van der Waals surface area contributed by atoms with Crippen molar-refractivity contribution in [3.05, 3.63) is 29.0 Å². The summed E-state index contributed by atoms with van der Waals surface area (Å²) in [6, 6.07) is 5.57. The molecule has 0 aliphatic rings. The Labute approximate surface area is 121 Å². The second-order valence-corrected chi connectivity index (χ2v) is 5.48. The lowest BCUT2D eigenvalue weighted by Crippen LogP contribution is -2.12. The Morgan fingerprint density at radius 2 is 2.26 bits per heavy atom. The van der Waals surface area contributed by atoms with Gasteiger partial charge in [0.05, 0.1) is 21.4 Å². The monoisotopic (exact) mass is 299 g/mol. The van der Waals surface area contributed by atoms with Crippen LogP contribution in [0.4, 0.5) is 0 Å². The van der Waals surface area contributed by atoms with Crippen LogP contribution in [0.2, 0.25) is 5.02 Å². The normalized spacial score (nSPS) is 12.8. The van der Waals surface area contributed by atoms with E-state index in [1.807, 2.05) is 29.7 Å². The highest BCUT2D eigenvalue weighted by atomic mass is 35.5. The molecule has 0 saturated carbocycles. The number of aromatic nitrogens is 2. The number of hydrogen-bond acceptors (Lipinski definition) is 2. The third-order valence-electron chi connectivity index (χ3n) is 2.91. The van der Waals surface area contributed by atoms with Crippen LogP contribution in [0.1, 0.15) is 31.0 Å². The number of fused-ring (bicyclic) bond motifs is 1. The van der Waals surface area contributed by atoms with E-state index in [0.29, 0.717) is 24.4 Å². The molecule has 1 atom stereocenters. The number of nitrogens with two attached hydrogens (primary N) is 1. The highest BCUT2D eigenvalue weighted by molar-refractivity contribution is 6.35. The zero-order valence-corrected chi connectivity index (χ0v) is 12.1. The quantitative estimate of drug-likeness (QED) is 0.862. The van der Waals surface area contributed by atoms with Crippen molar-refractivity contribution in [3.8, 4) is 0 Å². The van der Waals surface area contributed by atoms with Gasteiger partial charge in [0.15, 0.2) is 0 Å². The number of alkyl halides is 1. The average Bonchev–Trinajstić information content (AvgIpc) is 2.69. The van der Waals surface area contributed by atoms with Gasteiger partial charge in [-0.25, -0.2) is 4.98 Å². The molecule has 6 heteroatoms. The maximum absolute atomic E-state index is 10.8. The lowest BCUT2D eigenvalue weighted by molar-refractivity contribution is -0.118. The van der Waals surface area contributed by atoms with E-state index in [4.69, 9.17) is 28.9 Å². The van der Waals surface area contributed by atoms with E-state index in [2.05, 4.69) is 4.98 Å². The predicted molar refractivity (Wildman–Crippen MR) is 77.4 cm³/mol. The SMILES string of the molecule is CC(Cl)c1nc2cccc(Cl)c2n1CCCC(N)=O. The molecule has 2 aromatic rings. The fourth-order valence-corrected chi connectivity index (χ4v) is 2.54. The maximum atomic E-state index is 10.8. The van der Waals surface area contributed by atoms with Crippen LogP contribution in [0.15, 0.2) is 18.2 Å². The Hall–Kier alpha value is -1.26. The van der Waals surface area contributed by atoms with Crippen LogP contribution in [-0.4, -0.2) is 15.5 Å². The molecule has 1 unspecified atom stereocenters. The average molecular weight is 300 g/mol. The van der Waals surface area contributed by atoms with Gasteiger partial charge in [-0.15, -0.1) is 11.6 Å². The number of halogens is 2. The van der Waals surface area contributed by atoms with Crippen molar-refractivity contribution >= 4 is 40.1 Å². The van der Waals surface area contributed by atoms with Gasteiger partial charge in [-0.3, -0.25) is 4.79 Å². The molecule has 0 radical (unpaired) electrons. The number of nitrogens with zero attached hydrogens (tertiary/aromatic N) is 2. The molecule has 19 heavy (non-hydrogen) atoms. The van der Waals surface area contributed by atoms with Crippen molar-refractivity contribution in [1.29, 1.82) is 0 Å². The minimum atomic E-state index is -0.309. The van der Waals surface area contributed by atoms with Crippen molar-refractivity contribution in [2.75, 3.05) is 0 Å². The number of benzene rings is 1. The van der Waals surface area contributed by atoms with Crippen LogP contribution >= 0.6 is 23.2 Å². The number of para-hydroxylation sites is 1. The molecular formula is C13H15Cl2N3O. The Morgan fingerprint density at radius 3 is 2.89 bits per heavy atom. The van der Waals surface area contributed by atoms with E-state index in [9.17, 15) is 4.79 Å². The van der Waals surface area contributed by atoms with Crippen LogP contribution in [0.25, 0.3) is 11.0 Å². The zero-order chi connectivity index (χ0) is 14.0. The number of amides is 1. The third kappa shape index (κ3) is 3.01. The van der Waals surface area contributed by atoms with Crippen LogP contribution < -0.4 is 5.73 Å². The van der Waals surface area contributed by atoms with E-state index in [-0.39, 0.29) is 11.3 Å². The second-order valence-electron chi connectivity index (χ2n) is 4.42. The Morgan fingerprint density at radius 1 is 1.53 bits per heavy atom. The minimum absolute atomic E-state index is 0.225.